The van der Waals surface area contributed by atoms with Gasteiger partial charge in [0.1, 0.15) is 17.5 Å². The molecular formula is C27H38N2O4. The molecule has 6 nitrogen and oxygen atoms in total. The van der Waals surface area contributed by atoms with E-state index in [-0.39, 0.29) is 11.8 Å². The normalized spacial score (nSPS) is 11.5. The van der Waals surface area contributed by atoms with Crippen LogP contribution in [0.1, 0.15) is 57.1 Å². The second-order valence-electron chi connectivity index (χ2n) is 8.21. The number of methoxy groups -OCH3 is 1. The minimum absolute atomic E-state index is 0.0529. The summed E-state index contributed by atoms with van der Waals surface area (Å²) in [5.41, 5.74) is 2.10. The Kier molecular flexibility index (Phi) is 11.3. The smallest absolute Gasteiger partial charge is 0.242 e. The zero-order valence-corrected chi connectivity index (χ0v) is 20.4. The molecule has 0 aliphatic rings. The van der Waals surface area contributed by atoms with Gasteiger partial charge in [-0.05, 0) is 56.0 Å². The molecular weight excluding hydrogens is 416 g/mol. The Labute approximate surface area is 198 Å². The van der Waals surface area contributed by atoms with Gasteiger partial charge in [0.05, 0.1) is 13.7 Å². The van der Waals surface area contributed by atoms with Crippen LogP contribution in [0.15, 0.2) is 48.5 Å². The molecule has 2 amide bonds. The molecule has 0 radical (unpaired) electrons. The number of benzene rings is 2. The minimum atomic E-state index is -0.515. The van der Waals surface area contributed by atoms with Gasteiger partial charge in [0, 0.05) is 19.5 Å². The largest absolute Gasteiger partial charge is 0.497 e. The molecule has 0 saturated heterocycles. The van der Waals surface area contributed by atoms with Crippen LogP contribution in [0.25, 0.3) is 0 Å². The van der Waals surface area contributed by atoms with Crippen molar-refractivity contribution >= 4 is 11.8 Å². The zero-order valence-electron chi connectivity index (χ0n) is 20.4. The van der Waals surface area contributed by atoms with Crippen LogP contribution in [0.2, 0.25) is 0 Å². The summed E-state index contributed by atoms with van der Waals surface area (Å²) in [6, 6.07) is 15.0. The zero-order chi connectivity index (χ0) is 24.1. The molecule has 6 heteroatoms. The second kappa shape index (κ2) is 14.2. The number of aryl methyl sites for hydroxylation is 1. The lowest BCUT2D eigenvalue weighted by molar-refractivity contribution is -0.141. The molecule has 0 bridgehead atoms. The molecule has 1 atom stereocenters. The van der Waals surface area contributed by atoms with Crippen molar-refractivity contribution in [2.45, 2.75) is 65.5 Å². The van der Waals surface area contributed by atoms with Crippen molar-refractivity contribution < 1.29 is 19.1 Å². The summed E-state index contributed by atoms with van der Waals surface area (Å²) in [6.45, 7) is 7.48. The number of nitrogens with zero attached hydrogens (tertiary/aromatic N) is 1. The molecule has 1 N–H and O–H groups in total. The van der Waals surface area contributed by atoms with Gasteiger partial charge >= 0.3 is 0 Å². The average molecular weight is 455 g/mol. The third-order valence-electron chi connectivity index (χ3n) is 5.53. The predicted molar refractivity (Wildman–Crippen MR) is 131 cm³/mol. The van der Waals surface area contributed by atoms with Crippen molar-refractivity contribution in [1.82, 2.24) is 10.2 Å². The molecule has 2 aromatic rings. The summed E-state index contributed by atoms with van der Waals surface area (Å²) in [4.78, 5) is 27.8. The third-order valence-corrected chi connectivity index (χ3v) is 5.53. The summed E-state index contributed by atoms with van der Waals surface area (Å²) in [6.07, 6.45) is 3.37. The van der Waals surface area contributed by atoms with Crippen molar-refractivity contribution in [2.75, 3.05) is 20.3 Å². The predicted octanol–water partition coefficient (Wildman–Crippen LogP) is 4.89. The van der Waals surface area contributed by atoms with E-state index in [2.05, 4.69) is 12.2 Å². The maximum atomic E-state index is 13.3. The number of hydrogen-bond acceptors (Lipinski definition) is 4. The molecule has 2 rings (SSSR count). The third kappa shape index (κ3) is 8.79. The number of unbranched alkanes of at least 4 members (excludes halogenated alkanes) is 1. The lowest BCUT2D eigenvalue weighted by atomic mass is 10.1. The van der Waals surface area contributed by atoms with Crippen LogP contribution in [-0.4, -0.2) is 43.0 Å². The highest BCUT2D eigenvalue weighted by Gasteiger charge is 2.28. The number of ether oxygens (including phenoxy) is 2. The maximum Gasteiger partial charge on any atom is 0.242 e. The standard InChI is InChI=1S/C27H38N2O4/c1-5-7-17-28-27(31)25(6-2)29(20-22-10-8-11-24(19-22)32-4)26(30)12-9-18-33-23-15-13-21(3)14-16-23/h8,10-11,13-16,19,25H,5-7,9,12,17-18,20H2,1-4H3,(H,28,31). The number of amides is 2. The molecule has 0 fully saturated rings. The summed E-state index contributed by atoms with van der Waals surface area (Å²) in [5, 5.41) is 2.99. The van der Waals surface area contributed by atoms with Crippen LogP contribution >= 0.6 is 0 Å². The van der Waals surface area contributed by atoms with Gasteiger partial charge in [-0.1, -0.05) is 50.1 Å². The topological polar surface area (TPSA) is 67.9 Å². The van der Waals surface area contributed by atoms with Gasteiger partial charge in [-0.2, -0.15) is 0 Å². The van der Waals surface area contributed by atoms with Gasteiger partial charge in [-0.25, -0.2) is 0 Å². The van der Waals surface area contributed by atoms with Crippen LogP contribution in [0, 0.1) is 6.92 Å². The first kappa shape index (κ1) is 26.2. The summed E-state index contributed by atoms with van der Waals surface area (Å²) in [7, 11) is 1.62. The van der Waals surface area contributed by atoms with Gasteiger partial charge in [-0.15, -0.1) is 0 Å². The van der Waals surface area contributed by atoms with E-state index in [1.165, 1.54) is 5.56 Å². The van der Waals surface area contributed by atoms with E-state index in [0.717, 1.165) is 29.9 Å². The lowest BCUT2D eigenvalue weighted by Gasteiger charge is -2.31. The number of hydrogen-bond donors (Lipinski definition) is 1. The van der Waals surface area contributed by atoms with Crippen LogP contribution < -0.4 is 14.8 Å². The van der Waals surface area contributed by atoms with E-state index >= 15 is 0 Å². The molecule has 0 saturated carbocycles. The Balaban J connectivity index is 2.05. The minimum Gasteiger partial charge on any atom is -0.497 e. The highest BCUT2D eigenvalue weighted by Crippen LogP contribution is 2.19. The fourth-order valence-corrected chi connectivity index (χ4v) is 3.58. The van der Waals surface area contributed by atoms with E-state index in [1.807, 2.05) is 62.4 Å². The summed E-state index contributed by atoms with van der Waals surface area (Å²) >= 11 is 0. The van der Waals surface area contributed by atoms with E-state index < -0.39 is 6.04 Å². The summed E-state index contributed by atoms with van der Waals surface area (Å²) < 4.78 is 11.1. The monoisotopic (exact) mass is 454 g/mol. The Morgan fingerprint density at radius 3 is 2.45 bits per heavy atom. The summed E-state index contributed by atoms with van der Waals surface area (Å²) in [5.74, 6) is 1.37. The Morgan fingerprint density at radius 2 is 1.79 bits per heavy atom. The fourth-order valence-electron chi connectivity index (χ4n) is 3.58. The molecule has 0 heterocycles. The lowest BCUT2D eigenvalue weighted by Crippen LogP contribution is -2.49. The first-order chi connectivity index (χ1) is 16.0. The van der Waals surface area contributed by atoms with Gasteiger partial charge in [0.2, 0.25) is 11.8 Å². The van der Waals surface area contributed by atoms with Crippen molar-refractivity contribution in [2.24, 2.45) is 0 Å². The average Bonchev–Trinajstić information content (AvgIpc) is 2.83. The molecule has 2 aromatic carbocycles. The number of carbonyl (C=O) groups is 2. The van der Waals surface area contributed by atoms with E-state index in [9.17, 15) is 9.59 Å². The van der Waals surface area contributed by atoms with E-state index in [1.54, 1.807) is 12.0 Å². The Hall–Kier alpha value is -3.02. The number of carbonyl (C=O) groups excluding carboxylic acids is 2. The SMILES string of the molecule is CCCCNC(=O)C(CC)N(Cc1cccc(OC)c1)C(=O)CCCOc1ccc(C)cc1. The van der Waals surface area contributed by atoms with Crippen LogP contribution in [0.5, 0.6) is 11.5 Å². The van der Waals surface area contributed by atoms with Crippen LogP contribution in [0.3, 0.4) is 0 Å². The molecule has 0 aliphatic heterocycles. The fraction of sp³-hybridized carbons (Fsp3) is 0.481. The van der Waals surface area contributed by atoms with Crippen molar-refractivity contribution in [1.29, 1.82) is 0 Å². The number of nitrogens with one attached hydrogen (secondary N) is 1. The highest BCUT2D eigenvalue weighted by molar-refractivity contribution is 5.87. The van der Waals surface area contributed by atoms with Crippen molar-refractivity contribution in [3.05, 3.63) is 59.7 Å². The second-order valence-corrected chi connectivity index (χ2v) is 8.21. The first-order valence-corrected chi connectivity index (χ1v) is 11.9. The van der Waals surface area contributed by atoms with Crippen molar-refractivity contribution in [3.8, 4) is 11.5 Å². The van der Waals surface area contributed by atoms with Crippen LogP contribution in [-0.2, 0) is 16.1 Å². The molecule has 0 spiro atoms. The van der Waals surface area contributed by atoms with Gasteiger partial charge in [0.15, 0.2) is 0 Å². The number of rotatable bonds is 14. The highest BCUT2D eigenvalue weighted by atomic mass is 16.5. The maximum absolute atomic E-state index is 13.3. The molecule has 0 aliphatic carbocycles. The van der Waals surface area contributed by atoms with Crippen molar-refractivity contribution in [3.63, 3.8) is 0 Å². The van der Waals surface area contributed by atoms with Gasteiger partial charge in [0.25, 0.3) is 0 Å². The van der Waals surface area contributed by atoms with Crippen LogP contribution in [0.4, 0.5) is 0 Å². The Bertz CT molecular complexity index is 867. The quantitative estimate of drug-likeness (QED) is 0.413. The molecule has 1 unspecified atom stereocenters. The molecule has 180 valence electrons. The molecule has 33 heavy (non-hydrogen) atoms. The van der Waals surface area contributed by atoms with E-state index in [4.69, 9.17) is 9.47 Å². The first-order valence-electron chi connectivity index (χ1n) is 11.9. The Morgan fingerprint density at radius 1 is 1.03 bits per heavy atom. The van der Waals surface area contributed by atoms with Gasteiger partial charge in [-0.3, -0.25) is 9.59 Å². The van der Waals surface area contributed by atoms with E-state index in [0.29, 0.717) is 39.0 Å². The van der Waals surface area contributed by atoms with Gasteiger partial charge < -0.3 is 19.7 Å². The molecule has 0 aromatic heterocycles.